The van der Waals surface area contributed by atoms with Gasteiger partial charge in [-0.05, 0) is 67.1 Å². The summed E-state index contributed by atoms with van der Waals surface area (Å²) < 4.78 is 2.39. The summed E-state index contributed by atoms with van der Waals surface area (Å²) in [6.07, 6.45) is 0. The molecule has 0 fully saturated rings. The van der Waals surface area contributed by atoms with Gasteiger partial charge in [-0.1, -0.05) is 161 Å². The van der Waals surface area contributed by atoms with Crippen LogP contribution in [0.1, 0.15) is 0 Å². The number of rotatable bonds is 5. The fourth-order valence-electron chi connectivity index (χ4n) is 8.26. The number of imidazole rings is 1. The van der Waals surface area contributed by atoms with Crippen LogP contribution in [0, 0.1) is 0 Å². The molecule has 9 aromatic rings. The highest BCUT2D eigenvalue weighted by Crippen LogP contribution is 2.44. The number of hydrogen-bond donors (Lipinski definition) is 0. The van der Waals surface area contributed by atoms with Crippen LogP contribution in [0.3, 0.4) is 0 Å². The molecule has 0 spiro atoms. The molecule has 52 heavy (non-hydrogen) atoms. The molecule has 240 valence electrons. The van der Waals surface area contributed by atoms with Crippen LogP contribution in [0.5, 0.6) is 0 Å². The highest BCUT2D eigenvalue weighted by molar-refractivity contribution is 6.68. The van der Waals surface area contributed by atoms with Crippen LogP contribution in [0.25, 0.3) is 83.0 Å². The Morgan fingerprint density at radius 2 is 0.731 bits per heavy atom. The summed E-state index contributed by atoms with van der Waals surface area (Å²) in [5.41, 5.74) is 18.5. The maximum atomic E-state index is 5.26. The smallest absolute Gasteiger partial charge is 0.145 e. The standard InChI is InChI=1S/C45H35B5N2/c46-39-40(47)42(49)44(43(50)41(39)48)52-36-17-9-8-16-35(36)51-45(52)30-24-22-29(23-25-30)38-33-14-6-4-12-31(33)37(32-13-5-7-15-34(32)38)28-20-18-27(19-21-28)26-10-2-1-3-11-26/h1-25H,46-50H2. The first-order chi connectivity index (χ1) is 25.4. The zero-order valence-corrected chi connectivity index (χ0v) is 30.3. The molecule has 0 aliphatic rings. The van der Waals surface area contributed by atoms with Gasteiger partial charge in [0.1, 0.15) is 45.1 Å². The quantitative estimate of drug-likeness (QED) is 0.205. The van der Waals surface area contributed by atoms with Crippen LogP contribution in [-0.2, 0) is 0 Å². The molecule has 8 aromatic carbocycles. The second-order valence-corrected chi connectivity index (χ2v) is 14.1. The third kappa shape index (κ3) is 5.06. The number of nitrogens with zero attached hydrogens (tertiary/aromatic N) is 2. The van der Waals surface area contributed by atoms with Crippen LogP contribution in [0.4, 0.5) is 0 Å². The highest BCUT2D eigenvalue weighted by atomic mass is 15.1. The Kier molecular flexibility index (Phi) is 7.81. The van der Waals surface area contributed by atoms with E-state index in [1.807, 2.05) is 0 Å². The molecule has 7 heteroatoms. The molecule has 2 nitrogen and oxygen atoms in total. The Bertz CT molecular complexity index is 2740. The second kappa shape index (κ2) is 12.7. The van der Waals surface area contributed by atoms with Crippen molar-refractivity contribution >= 4 is 99.1 Å². The Morgan fingerprint density at radius 3 is 1.25 bits per heavy atom. The van der Waals surface area contributed by atoms with Gasteiger partial charge in [-0.15, -0.1) is 5.46 Å². The predicted molar refractivity (Wildman–Crippen MR) is 239 cm³/mol. The third-order valence-electron chi connectivity index (χ3n) is 11.4. The molecule has 0 N–H and O–H groups in total. The van der Waals surface area contributed by atoms with Crippen molar-refractivity contribution in [3.05, 3.63) is 152 Å². The molecule has 1 aromatic heterocycles. The Labute approximate surface area is 309 Å². The van der Waals surface area contributed by atoms with Gasteiger partial charge in [0.25, 0.3) is 0 Å². The zero-order chi connectivity index (χ0) is 35.5. The van der Waals surface area contributed by atoms with E-state index in [-0.39, 0.29) is 0 Å². The van der Waals surface area contributed by atoms with Gasteiger partial charge in [0.15, 0.2) is 0 Å². The molecule has 0 aliphatic carbocycles. The molecule has 0 saturated heterocycles. The Hall–Kier alpha value is -5.93. The Balaban J connectivity index is 1.21. The van der Waals surface area contributed by atoms with E-state index >= 15 is 0 Å². The Morgan fingerprint density at radius 1 is 0.346 bits per heavy atom. The third-order valence-corrected chi connectivity index (χ3v) is 11.4. The van der Waals surface area contributed by atoms with Gasteiger partial charge < -0.3 is 0 Å². The summed E-state index contributed by atoms with van der Waals surface area (Å²) in [5.74, 6) is 0.964. The monoisotopic (exact) mass is 658 g/mol. The van der Waals surface area contributed by atoms with Gasteiger partial charge in [-0.3, -0.25) is 4.57 Å². The van der Waals surface area contributed by atoms with Crippen LogP contribution in [0.2, 0.25) is 0 Å². The first kappa shape index (κ1) is 32.0. The minimum Gasteiger partial charge on any atom is -0.294 e. The average molecular weight is 658 g/mol. The lowest BCUT2D eigenvalue weighted by Crippen LogP contribution is -2.56. The summed E-state index contributed by atoms with van der Waals surface area (Å²) in [6.45, 7) is 0. The highest BCUT2D eigenvalue weighted by Gasteiger charge is 2.21. The number of fused-ring (bicyclic) bond motifs is 3. The van der Waals surface area contributed by atoms with Crippen molar-refractivity contribution in [2.75, 3.05) is 0 Å². The maximum Gasteiger partial charge on any atom is 0.145 e. The number of hydrogen-bond acceptors (Lipinski definition) is 1. The van der Waals surface area contributed by atoms with Gasteiger partial charge in [0.05, 0.1) is 11.0 Å². The van der Waals surface area contributed by atoms with Gasteiger partial charge in [-0.2, -0.15) is 0 Å². The second-order valence-electron chi connectivity index (χ2n) is 14.1. The fourth-order valence-corrected chi connectivity index (χ4v) is 8.26. The van der Waals surface area contributed by atoms with Crippen LogP contribution >= 0.6 is 0 Å². The summed E-state index contributed by atoms with van der Waals surface area (Å²) in [4.78, 5) is 5.26. The van der Waals surface area contributed by atoms with E-state index in [9.17, 15) is 0 Å². The van der Waals surface area contributed by atoms with E-state index in [1.54, 1.807) is 0 Å². The lowest BCUT2D eigenvalue weighted by atomic mass is 9.61. The molecule has 1 heterocycles. The topological polar surface area (TPSA) is 17.8 Å². The molecule has 0 atom stereocenters. The van der Waals surface area contributed by atoms with Crippen molar-refractivity contribution < 1.29 is 0 Å². The summed E-state index contributed by atoms with van der Waals surface area (Å²) in [5, 5.41) is 5.01. The molecular formula is C45H35B5N2. The van der Waals surface area contributed by atoms with E-state index in [0.29, 0.717) is 0 Å². The molecule has 9 rings (SSSR count). The zero-order valence-electron chi connectivity index (χ0n) is 30.3. The van der Waals surface area contributed by atoms with E-state index in [4.69, 9.17) is 4.98 Å². The van der Waals surface area contributed by atoms with E-state index < -0.39 is 0 Å². The summed E-state index contributed by atoms with van der Waals surface area (Å²) >= 11 is 0. The summed E-state index contributed by atoms with van der Waals surface area (Å²) in [7, 11) is 11.2. The normalized spacial score (nSPS) is 11.5. The number of benzene rings is 8. The molecule has 0 bridgehead atoms. The molecule has 0 amide bonds. The van der Waals surface area contributed by atoms with Crippen molar-refractivity contribution in [1.82, 2.24) is 9.55 Å². The average Bonchev–Trinajstić information content (AvgIpc) is 3.58. The van der Waals surface area contributed by atoms with Crippen molar-refractivity contribution in [1.29, 1.82) is 0 Å². The molecule has 0 radical (unpaired) electrons. The van der Waals surface area contributed by atoms with Crippen molar-refractivity contribution in [3.63, 3.8) is 0 Å². The van der Waals surface area contributed by atoms with E-state index in [0.717, 1.165) is 22.4 Å². The number of para-hydroxylation sites is 2. The maximum absolute atomic E-state index is 5.26. The minimum atomic E-state index is 0.964. The van der Waals surface area contributed by atoms with E-state index in [1.165, 1.54) is 87.9 Å². The number of aromatic nitrogens is 2. The minimum absolute atomic E-state index is 0.964. The van der Waals surface area contributed by atoms with Crippen LogP contribution < -0.4 is 27.3 Å². The first-order valence-electron chi connectivity index (χ1n) is 18.2. The molecule has 0 saturated carbocycles. The predicted octanol–water partition coefficient (Wildman–Crippen LogP) is 3.29. The fraction of sp³-hybridized carbons (Fsp3) is 0. The van der Waals surface area contributed by atoms with Gasteiger partial charge in [-0.25, -0.2) is 4.98 Å². The SMILES string of the molecule is Bc1c(B)c(B)c(-n2c(-c3ccc(-c4c5ccccc5c(-c5ccc(-c6ccccc6)cc5)c5ccccc45)cc3)nc3ccccc32)c(B)c1B. The van der Waals surface area contributed by atoms with Gasteiger partial charge in [0.2, 0.25) is 0 Å². The summed E-state index contributed by atoms with van der Waals surface area (Å²) in [6, 6.07) is 55.0. The molecule has 0 unspecified atom stereocenters. The van der Waals surface area contributed by atoms with Crippen molar-refractivity contribution in [3.8, 4) is 50.5 Å². The van der Waals surface area contributed by atoms with Crippen LogP contribution in [0.15, 0.2) is 152 Å². The van der Waals surface area contributed by atoms with Gasteiger partial charge >= 0.3 is 0 Å². The largest absolute Gasteiger partial charge is 0.294 e. The first-order valence-corrected chi connectivity index (χ1v) is 18.2. The lowest BCUT2D eigenvalue weighted by Gasteiger charge is -2.23. The lowest BCUT2D eigenvalue weighted by molar-refractivity contribution is 1.12. The van der Waals surface area contributed by atoms with Gasteiger partial charge in [0, 0.05) is 11.3 Å². The van der Waals surface area contributed by atoms with Crippen molar-refractivity contribution in [2.45, 2.75) is 0 Å². The molecular weight excluding hydrogens is 623 g/mol. The molecule has 0 aliphatic heterocycles. The van der Waals surface area contributed by atoms with Crippen LogP contribution in [-0.4, -0.2) is 48.8 Å². The van der Waals surface area contributed by atoms with Crippen molar-refractivity contribution in [2.24, 2.45) is 0 Å². The van der Waals surface area contributed by atoms with E-state index in [2.05, 4.69) is 195 Å².